The van der Waals surface area contributed by atoms with Gasteiger partial charge in [-0.25, -0.2) is 14.6 Å². The highest BCUT2D eigenvalue weighted by Gasteiger charge is 2.26. The van der Waals surface area contributed by atoms with E-state index in [1.54, 1.807) is 30.3 Å². The number of ether oxygens (including phenoxy) is 1. The molecule has 3 aromatic carbocycles. The van der Waals surface area contributed by atoms with Crippen molar-refractivity contribution in [2.45, 2.75) is 13.8 Å². The van der Waals surface area contributed by atoms with E-state index in [0.29, 0.717) is 21.7 Å². The van der Waals surface area contributed by atoms with Gasteiger partial charge in [0.05, 0.1) is 15.8 Å². The maximum atomic E-state index is 13.5. The lowest BCUT2D eigenvalue weighted by molar-refractivity contribution is 0.0737. The van der Waals surface area contributed by atoms with E-state index in [1.165, 1.54) is 11.3 Å². The number of para-hydroxylation sites is 2. The van der Waals surface area contributed by atoms with Crippen molar-refractivity contribution in [1.82, 2.24) is 4.98 Å². The third kappa shape index (κ3) is 3.95. The van der Waals surface area contributed by atoms with E-state index < -0.39 is 11.6 Å². The van der Waals surface area contributed by atoms with Gasteiger partial charge in [0.15, 0.2) is 0 Å². The second kappa shape index (κ2) is 9.11. The number of aromatic nitrogens is 1. The van der Waals surface area contributed by atoms with Crippen LogP contribution in [0.1, 0.15) is 24.2 Å². The number of esters is 1. The van der Waals surface area contributed by atoms with Crippen molar-refractivity contribution in [2.75, 3.05) is 18.0 Å². The highest BCUT2D eigenvalue weighted by Crippen LogP contribution is 2.35. The van der Waals surface area contributed by atoms with Gasteiger partial charge in [-0.15, -0.1) is 11.3 Å². The molecule has 34 heavy (non-hydrogen) atoms. The van der Waals surface area contributed by atoms with Crippen LogP contribution >= 0.6 is 11.3 Å². The Hall–Kier alpha value is -3.97. The summed E-state index contributed by atoms with van der Waals surface area (Å²) < 4.78 is 12.3. The summed E-state index contributed by atoms with van der Waals surface area (Å²) >= 11 is 1.34. The normalized spacial score (nSPS) is 11.1. The first kappa shape index (κ1) is 21.9. The minimum absolute atomic E-state index is 0.116. The van der Waals surface area contributed by atoms with E-state index >= 15 is 0 Å². The number of thiazole rings is 1. The van der Waals surface area contributed by atoms with Gasteiger partial charge < -0.3 is 14.1 Å². The number of anilines is 1. The fraction of sp³-hybridized carbons (Fsp3) is 0.148. The fourth-order valence-electron chi connectivity index (χ4n) is 4.01. The van der Waals surface area contributed by atoms with Gasteiger partial charge in [0.2, 0.25) is 0 Å². The Balaban J connectivity index is 1.75. The third-order valence-corrected chi connectivity index (χ3v) is 6.74. The summed E-state index contributed by atoms with van der Waals surface area (Å²) in [7, 11) is 0. The molecule has 0 aliphatic rings. The number of hydrogen-bond donors (Lipinski definition) is 0. The molecule has 7 heteroatoms. The van der Waals surface area contributed by atoms with Crippen LogP contribution in [-0.4, -0.2) is 24.0 Å². The number of fused-ring (bicyclic) bond motifs is 2. The van der Waals surface area contributed by atoms with Crippen molar-refractivity contribution < 1.29 is 13.9 Å². The van der Waals surface area contributed by atoms with E-state index in [2.05, 4.69) is 23.7 Å². The highest BCUT2D eigenvalue weighted by molar-refractivity contribution is 7.21. The molecule has 5 aromatic rings. The molecule has 0 radical (unpaired) electrons. The molecule has 0 saturated heterocycles. The molecule has 5 rings (SSSR count). The van der Waals surface area contributed by atoms with Crippen LogP contribution in [0.3, 0.4) is 0 Å². The van der Waals surface area contributed by atoms with E-state index in [1.807, 2.05) is 42.5 Å². The van der Waals surface area contributed by atoms with Gasteiger partial charge >= 0.3 is 11.6 Å². The Kier molecular flexibility index (Phi) is 5.86. The average Bonchev–Trinajstić information content (AvgIpc) is 3.28. The van der Waals surface area contributed by atoms with Gasteiger partial charge in [0.25, 0.3) is 0 Å². The second-order valence-electron chi connectivity index (χ2n) is 7.68. The SMILES string of the molecule is CCN(CC)c1ccc2c(C(=O)Oc3ccccc3)c(-c3nc4ccccc4s3)c(=O)oc2c1. The van der Waals surface area contributed by atoms with Crippen molar-refractivity contribution in [3.05, 3.63) is 88.8 Å². The van der Waals surface area contributed by atoms with Crippen LogP contribution in [-0.2, 0) is 0 Å². The lowest BCUT2D eigenvalue weighted by Crippen LogP contribution is -2.22. The van der Waals surface area contributed by atoms with Gasteiger partial charge in [-0.2, -0.15) is 0 Å². The summed E-state index contributed by atoms with van der Waals surface area (Å²) in [6, 6.07) is 21.9. The summed E-state index contributed by atoms with van der Waals surface area (Å²) in [5.41, 5.74) is 1.64. The van der Waals surface area contributed by atoms with Crippen LogP contribution in [0, 0.1) is 0 Å². The first-order chi connectivity index (χ1) is 16.6. The van der Waals surface area contributed by atoms with Gasteiger partial charge in [-0.05, 0) is 50.2 Å². The van der Waals surface area contributed by atoms with Crippen LogP contribution in [0.4, 0.5) is 5.69 Å². The minimum Gasteiger partial charge on any atom is -0.423 e. The second-order valence-corrected chi connectivity index (χ2v) is 8.71. The Morgan fingerprint density at radius 3 is 2.47 bits per heavy atom. The van der Waals surface area contributed by atoms with Crippen molar-refractivity contribution >= 4 is 44.2 Å². The van der Waals surface area contributed by atoms with Crippen molar-refractivity contribution in [2.24, 2.45) is 0 Å². The summed E-state index contributed by atoms with van der Waals surface area (Å²) in [6.45, 7) is 5.73. The predicted molar refractivity (Wildman–Crippen MR) is 136 cm³/mol. The van der Waals surface area contributed by atoms with Crippen LogP contribution in [0.25, 0.3) is 31.8 Å². The molecule has 0 aliphatic carbocycles. The van der Waals surface area contributed by atoms with Gasteiger partial charge in [-0.3, -0.25) is 0 Å². The van der Waals surface area contributed by atoms with E-state index in [0.717, 1.165) is 29.0 Å². The molecule has 0 atom stereocenters. The third-order valence-electron chi connectivity index (χ3n) is 5.69. The molecule has 2 heterocycles. The van der Waals surface area contributed by atoms with Crippen molar-refractivity contribution in [1.29, 1.82) is 0 Å². The lowest BCUT2D eigenvalue weighted by Gasteiger charge is -2.21. The van der Waals surface area contributed by atoms with Crippen LogP contribution in [0.2, 0.25) is 0 Å². The number of hydrogen-bond acceptors (Lipinski definition) is 7. The average molecular weight is 471 g/mol. The molecule has 0 aliphatic heterocycles. The maximum Gasteiger partial charge on any atom is 0.347 e. The molecule has 0 bridgehead atoms. The summed E-state index contributed by atoms with van der Waals surface area (Å²) in [4.78, 5) is 33.5. The molecule has 0 amide bonds. The highest BCUT2D eigenvalue weighted by atomic mass is 32.1. The molecule has 0 spiro atoms. The number of nitrogens with zero attached hydrogens (tertiary/aromatic N) is 2. The van der Waals surface area contributed by atoms with Crippen LogP contribution < -0.4 is 15.3 Å². The number of rotatable bonds is 6. The summed E-state index contributed by atoms with van der Waals surface area (Å²) in [5.74, 6) is -0.238. The standard InChI is InChI=1S/C27H22N2O4S/c1-3-29(4-2)17-14-15-19-21(16-17)33-27(31)24(25-28-20-12-8-9-13-22(20)34-25)23(19)26(30)32-18-10-6-5-7-11-18/h5-16H,3-4H2,1-2H3. The zero-order valence-electron chi connectivity index (χ0n) is 18.8. The van der Waals surface area contributed by atoms with Gasteiger partial charge in [0.1, 0.15) is 21.9 Å². The Morgan fingerprint density at radius 1 is 1.00 bits per heavy atom. The maximum absolute atomic E-state index is 13.5. The fourth-order valence-corrected chi connectivity index (χ4v) is 5.01. The Bertz CT molecular complexity index is 1520. The molecule has 170 valence electrons. The first-order valence-electron chi connectivity index (χ1n) is 11.1. The molecule has 0 N–H and O–H groups in total. The van der Waals surface area contributed by atoms with Gasteiger partial charge in [-0.1, -0.05) is 30.3 Å². The van der Waals surface area contributed by atoms with Crippen molar-refractivity contribution in [3.8, 4) is 16.3 Å². The number of carbonyl (C=O) groups is 1. The predicted octanol–water partition coefficient (Wildman–Crippen LogP) is 6.14. The molecule has 6 nitrogen and oxygen atoms in total. The molecule has 0 unspecified atom stereocenters. The molecular weight excluding hydrogens is 448 g/mol. The molecular formula is C27H22N2O4S. The zero-order valence-corrected chi connectivity index (χ0v) is 19.6. The van der Waals surface area contributed by atoms with E-state index in [4.69, 9.17) is 9.15 Å². The van der Waals surface area contributed by atoms with Crippen LogP contribution in [0.5, 0.6) is 5.75 Å². The summed E-state index contributed by atoms with van der Waals surface area (Å²) in [6.07, 6.45) is 0. The number of carbonyl (C=O) groups excluding carboxylic acids is 1. The van der Waals surface area contributed by atoms with Crippen LogP contribution in [0.15, 0.2) is 82.0 Å². The summed E-state index contributed by atoms with van der Waals surface area (Å²) in [5, 5.41) is 0.926. The largest absolute Gasteiger partial charge is 0.423 e. The lowest BCUT2D eigenvalue weighted by atomic mass is 10.0. The molecule has 0 saturated carbocycles. The quantitative estimate of drug-likeness (QED) is 0.169. The molecule has 0 fully saturated rings. The minimum atomic E-state index is -0.631. The monoisotopic (exact) mass is 470 g/mol. The Labute approximate surface area is 200 Å². The first-order valence-corrected chi connectivity index (χ1v) is 11.9. The number of benzene rings is 3. The van der Waals surface area contributed by atoms with Gasteiger partial charge in [0, 0.05) is 30.2 Å². The zero-order chi connectivity index (χ0) is 23.7. The molecule has 2 aromatic heterocycles. The van der Waals surface area contributed by atoms with E-state index in [9.17, 15) is 9.59 Å². The smallest absolute Gasteiger partial charge is 0.347 e. The van der Waals surface area contributed by atoms with E-state index in [-0.39, 0.29) is 11.1 Å². The topological polar surface area (TPSA) is 72.6 Å². The van der Waals surface area contributed by atoms with Crippen molar-refractivity contribution in [3.63, 3.8) is 0 Å². The Morgan fingerprint density at radius 2 is 1.74 bits per heavy atom.